The van der Waals surface area contributed by atoms with E-state index in [1.165, 1.54) is 9.47 Å². The molecule has 21 heavy (non-hydrogen) atoms. The number of aromatic nitrogens is 3. The number of piperidine rings is 1. The van der Waals surface area contributed by atoms with E-state index in [1.807, 2.05) is 0 Å². The molecule has 0 atom stereocenters. The average Bonchev–Trinajstić information content (AvgIpc) is 2.49. The lowest BCUT2D eigenvalue weighted by atomic mass is 10.0. The maximum Gasteiger partial charge on any atom is 0.407 e. The minimum Gasteiger partial charge on any atom is -0.465 e. The molecule has 0 unspecified atom stereocenters. The highest BCUT2D eigenvalue weighted by Gasteiger charge is 2.26. The van der Waals surface area contributed by atoms with Gasteiger partial charge in [-0.2, -0.15) is 0 Å². The van der Waals surface area contributed by atoms with E-state index in [0.717, 1.165) is 0 Å². The van der Waals surface area contributed by atoms with E-state index in [4.69, 9.17) is 5.11 Å². The highest BCUT2D eigenvalue weighted by Crippen LogP contribution is 2.23. The van der Waals surface area contributed by atoms with Gasteiger partial charge in [-0.1, -0.05) is 0 Å². The zero-order valence-corrected chi connectivity index (χ0v) is 11.2. The summed E-state index contributed by atoms with van der Waals surface area (Å²) in [5.41, 5.74) is -0.398. The number of aromatic amines is 1. The van der Waals surface area contributed by atoms with Gasteiger partial charge in [-0.3, -0.25) is 14.2 Å². The highest BCUT2D eigenvalue weighted by molar-refractivity contribution is 5.69. The van der Waals surface area contributed by atoms with Crippen molar-refractivity contribution in [3.05, 3.63) is 39.0 Å². The Labute approximate surface area is 118 Å². The van der Waals surface area contributed by atoms with Gasteiger partial charge in [0, 0.05) is 25.3 Å². The summed E-state index contributed by atoms with van der Waals surface area (Å²) in [4.78, 5) is 42.8. The predicted molar refractivity (Wildman–Crippen MR) is 74.5 cm³/mol. The second-order valence-corrected chi connectivity index (χ2v) is 5.00. The Hall–Kier alpha value is -2.64. The Bertz CT molecular complexity index is 802. The lowest BCUT2D eigenvalue weighted by molar-refractivity contribution is 0.125. The molecular formula is C13H14N4O4. The number of carbonyl (C=O) groups is 1. The minimum absolute atomic E-state index is 0.215. The van der Waals surface area contributed by atoms with Crippen molar-refractivity contribution in [3.63, 3.8) is 0 Å². The number of fused-ring (bicyclic) bond motifs is 1. The van der Waals surface area contributed by atoms with E-state index in [2.05, 4.69) is 9.97 Å². The molecule has 8 heteroatoms. The topological polar surface area (TPSA) is 108 Å². The third-order valence-electron chi connectivity index (χ3n) is 3.78. The Morgan fingerprint density at radius 1 is 1.33 bits per heavy atom. The first-order chi connectivity index (χ1) is 10.1. The van der Waals surface area contributed by atoms with Crippen LogP contribution in [0.1, 0.15) is 18.9 Å². The molecule has 2 N–H and O–H groups in total. The Morgan fingerprint density at radius 2 is 2.05 bits per heavy atom. The smallest absolute Gasteiger partial charge is 0.407 e. The van der Waals surface area contributed by atoms with Gasteiger partial charge in [0.05, 0.1) is 5.52 Å². The molecule has 3 rings (SSSR count). The SMILES string of the molecule is O=C(O)N1CCC(n2c(=O)c(=O)[nH]c3cccnc32)CC1. The monoisotopic (exact) mass is 290 g/mol. The van der Waals surface area contributed by atoms with Crippen LogP contribution in [0, 0.1) is 0 Å². The molecule has 1 aliphatic rings. The van der Waals surface area contributed by atoms with Crippen LogP contribution in [0.2, 0.25) is 0 Å². The number of H-pyrrole nitrogens is 1. The van der Waals surface area contributed by atoms with E-state index in [0.29, 0.717) is 37.1 Å². The molecule has 1 amide bonds. The molecule has 3 heterocycles. The number of amides is 1. The van der Waals surface area contributed by atoms with Crippen molar-refractivity contribution >= 4 is 17.3 Å². The summed E-state index contributed by atoms with van der Waals surface area (Å²) in [5, 5.41) is 8.96. The zero-order valence-electron chi connectivity index (χ0n) is 11.2. The third kappa shape index (κ3) is 2.28. The molecule has 1 aliphatic heterocycles. The molecule has 2 aromatic rings. The van der Waals surface area contributed by atoms with Crippen molar-refractivity contribution in [2.24, 2.45) is 0 Å². The van der Waals surface area contributed by atoms with Crippen LogP contribution in [-0.2, 0) is 0 Å². The largest absolute Gasteiger partial charge is 0.465 e. The molecule has 2 aromatic heterocycles. The molecule has 0 aliphatic carbocycles. The summed E-state index contributed by atoms with van der Waals surface area (Å²) in [6.45, 7) is 0.682. The van der Waals surface area contributed by atoms with Crippen LogP contribution in [0.3, 0.4) is 0 Å². The minimum atomic E-state index is -0.963. The van der Waals surface area contributed by atoms with E-state index < -0.39 is 17.2 Å². The summed E-state index contributed by atoms with van der Waals surface area (Å²) < 4.78 is 1.40. The summed E-state index contributed by atoms with van der Waals surface area (Å²) >= 11 is 0. The first-order valence-electron chi connectivity index (χ1n) is 6.65. The van der Waals surface area contributed by atoms with Crippen LogP contribution in [0.15, 0.2) is 27.9 Å². The maximum atomic E-state index is 12.1. The second kappa shape index (κ2) is 5.04. The zero-order chi connectivity index (χ0) is 15.0. The van der Waals surface area contributed by atoms with Crippen molar-refractivity contribution in [2.75, 3.05) is 13.1 Å². The molecule has 1 fully saturated rings. The summed E-state index contributed by atoms with van der Waals surface area (Å²) in [7, 11) is 0. The van der Waals surface area contributed by atoms with Gasteiger partial charge in [0.25, 0.3) is 0 Å². The van der Waals surface area contributed by atoms with Crippen LogP contribution in [0.25, 0.3) is 11.2 Å². The number of rotatable bonds is 1. The van der Waals surface area contributed by atoms with Gasteiger partial charge >= 0.3 is 17.2 Å². The molecule has 0 saturated carbocycles. The Balaban J connectivity index is 2.05. The van der Waals surface area contributed by atoms with Gasteiger partial charge in [-0.05, 0) is 25.0 Å². The molecule has 0 aromatic carbocycles. The maximum absolute atomic E-state index is 12.1. The van der Waals surface area contributed by atoms with Gasteiger partial charge in [-0.25, -0.2) is 9.78 Å². The quantitative estimate of drug-likeness (QED) is 0.739. The number of carboxylic acid groups (broad SMARTS) is 1. The number of nitrogens with one attached hydrogen (secondary N) is 1. The van der Waals surface area contributed by atoms with Crippen LogP contribution in [0.4, 0.5) is 4.79 Å². The van der Waals surface area contributed by atoms with Crippen molar-refractivity contribution in [1.82, 2.24) is 19.4 Å². The average molecular weight is 290 g/mol. The molecule has 0 spiro atoms. The number of likely N-dealkylation sites (tertiary alicyclic amines) is 1. The van der Waals surface area contributed by atoms with Gasteiger partial charge in [0.2, 0.25) is 0 Å². The summed E-state index contributed by atoms with van der Waals surface area (Å²) in [5.74, 6) is 0. The van der Waals surface area contributed by atoms with Crippen LogP contribution < -0.4 is 11.1 Å². The summed E-state index contributed by atoms with van der Waals surface area (Å²) in [6.07, 6.45) is 1.57. The molecule has 0 bridgehead atoms. The van der Waals surface area contributed by atoms with Crippen molar-refractivity contribution in [3.8, 4) is 0 Å². The first-order valence-corrected chi connectivity index (χ1v) is 6.65. The van der Waals surface area contributed by atoms with Crippen LogP contribution >= 0.6 is 0 Å². The number of hydrogen-bond donors (Lipinski definition) is 2. The number of pyridine rings is 1. The fourth-order valence-corrected chi connectivity index (χ4v) is 2.72. The highest BCUT2D eigenvalue weighted by atomic mass is 16.4. The third-order valence-corrected chi connectivity index (χ3v) is 3.78. The molecular weight excluding hydrogens is 276 g/mol. The molecule has 8 nitrogen and oxygen atoms in total. The molecule has 0 radical (unpaired) electrons. The first kappa shape index (κ1) is 13.3. The van der Waals surface area contributed by atoms with Crippen molar-refractivity contribution in [1.29, 1.82) is 0 Å². The van der Waals surface area contributed by atoms with Crippen LogP contribution in [-0.4, -0.2) is 43.7 Å². The fraction of sp³-hybridized carbons (Fsp3) is 0.385. The van der Waals surface area contributed by atoms with Crippen molar-refractivity contribution < 1.29 is 9.90 Å². The Kier molecular flexibility index (Phi) is 3.20. The van der Waals surface area contributed by atoms with E-state index in [1.54, 1.807) is 18.3 Å². The summed E-state index contributed by atoms with van der Waals surface area (Å²) in [6, 6.07) is 3.15. The normalized spacial score (nSPS) is 16.3. The van der Waals surface area contributed by atoms with E-state index in [9.17, 15) is 14.4 Å². The van der Waals surface area contributed by atoms with E-state index >= 15 is 0 Å². The predicted octanol–water partition coefficient (Wildman–Crippen LogP) is 0.400. The van der Waals surface area contributed by atoms with Gasteiger partial charge in [0.1, 0.15) is 0 Å². The second-order valence-electron chi connectivity index (χ2n) is 5.00. The molecule has 110 valence electrons. The Morgan fingerprint density at radius 3 is 2.71 bits per heavy atom. The van der Waals surface area contributed by atoms with Crippen LogP contribution in [0.5, 0.6) is 0 Å². The lowest BCUT2D eigenvalue weighted by Gasteiger charge is -2.31. The van der Waals surface area contributed by atoms with Gasteiger partial charge in [-0.15, -0.1) is 0 Å². The standard InChI is InChI=1S/C13H14N4O4/c18-11-12(19)17(10-9(15-11)2-1-5-14-10)8-3-6-16(7-4-8)13(20)21/h1-2,5,8H,3-4,6-7H2,(H,15,18)(H,20,21). The van der Waals surface area contributed by atoms with Gasteiger partial charge < -0.3 is 15.0 Å². The van der Waals surface area contributed by atoms with E-state index in [-0.39, 0.29) is 6.04 Å². The van der Waals surface area contributed by atoms with Crippen molar-refractivity contribution in [2.45, 2.75) is 18.9 Å². The number of nitrogens with zero attached hydrogens (tertiary/aromatic N) is 3. The van der Waals surface area contributed by atoms with Gasteiger partial charge in [0.15, 0.2) is 5.65 Å². The lowest BCUT2D eigenvalue weighted by Crippen LogP contribution is -2.44. The molecule has 1 saturated heterocycles. The fourth-order valence-electron chi connectivity index (χ4n) is 2.72. The number of hydrogen-bond acceptors (Lipinski definition) is 4.